The number of aromatic nitrogens is 1. The number of carboxylic acid groups (broad SMARTS) is 2. The number of rotatable bonds is 2. The van der Waals surface area contributed by atoms with Crippen molar-refractivity contribution >= 4 is 34.5 Å². The van der Waals surface area contributed by atoms with Gasteiger partial charge in [0.25, 0.3) is 0 Å². The standard InChI is InChI=1S/C10H7NO2.C4H7NO2S/c12-10(13)9-8-4-2-1-3-7(8)5-6-11-9;6-4(7)3-1-8-2-5-3/h1-6H,(H,12,13);3,5H,1-2H2,(H,6,7). The molecule has 2 heterocycles. The van der Waals surface area contributed by atoms with Crippen LogP contribution in [-0.2, 0) is 4.79 Å². The van der Waals surface area contributed by atoms with Crippen molar-refractivity contribution in [2.24, 2.45) is 0 Å². The van der Waals surface area contributed by atoms with Gasteiger partial charge in [-0.15, -0.1) is 11.8 Å². The van der Waals surface area contributed by atoms with Gasteiger partial charge < -0.3 is 10.2 Å². The summed E-state index contributed by atoms with van der Waals surface area (Å²) in [5.41, 5.74) is 0.109. The Morgan fingerprint density at radius 1 is 1.24 bits per heavy atom. The molecule has 110 valence electrons. The average molecular weight is 306 g/mol. The highest BCUT2D eigenvalue weighted by Gasteiger charge is 2.20. The van der Waals surface area contributed by atoms with Crippen LogP contribution in [0.25, 0.3) is 10.8 Å². The minimum absolute atomic E-state index is 0.109. The van der Waals surface area contributed by atoms with Crippen LogP contribution in [0.3, 0.4) is 0 Å². The Hall–Kier alpha value is -2.12. The fourth-order valence-corrected chi connectivity index (χ4v) is 2.78. The number of pyridine rings is 1. The van der Waals surface area contributed by atoms with Crippen molar-refractivity contribution in [2.75, 3.05) is 11.6 Å². The smallest absolute Gasteiger partial charge is 0.355 e. The first-order valence-corrected chi connectivity index (χ1v) is 7.36. The van der Waals surface area contributed by atoms with Gasteiger partial charge in [0.2, 0.25) is 0 Å². The van der Waals surface area contributed by atoms with Crippen molar-refractivity contribution in [3.8, 4) is 0 Å². The topological polar surface area (TPSA) is 99.5 Å². The highest BCUT2D eigenvalue weighted by molar-refractivity contribution is 7.99. The van der Waals surface area contributed by atoms with Gasteiger partial charge in [-0.3, -0.25) is 10.1 Å². The van der Waals surface area contributed by atoms with Crippen molar-refractivity contribution < 1.29 is 19.8 Å². The number of hydrogen-bond donors (Lipinski definition) is 3. The van der Waals surface area contributed by atoms with Crippen LogP contribution >= 0.6 is 11.8 Å². The minimum atomic E-state index is -0.989. The average Bonchev–Trinajstić information content (AvgIpc) is 3.01. The summed E-state index contributed by atoms with van der Waals surface area (Å²) in [7, 11) is 0. The molecule has 0 aliphatic carbocycles. The summed E-state index contributed by atoms with van der Waals surface area (Å²) in [6, 6.07) is 8.78. The Morgan fingerprint density at radius 2 is 2.00 bits per heavy atom. The Morgan fingerprint density at radius 3 is 2.57 bits per heavy atom. The number of thioether (sulfide) groups is 1. The SMILES string of the molecule is O=C(O)C1CSCN1.O=C(O)c1nccc2ccccc12. The van der Waals surface area contributed by atoms with Crippen LogP contribution in [0.15, 0.2) is 36.5 Å². The fourth-order valence-electron chi connectivity index (χ4n) is 1.84. The Kier molecular flexibility index (Phi) is 5.13. The first-order chi connectivity index (χ1) is 10.1. The quantitative estimate of drug-likeness (QED) is 0.776. The predicted molar refractivity (Wildman–Crippen MR) is 80.6 cm³/mol. The molecule has 0 saturated carbocycles. The summed E-state index contributed by atoms with van der Waals surface area (Å²) in [6.07, 6.45) is 1.51. The van der Waals surface area contributed by atoms with E-state index in [1.807, 2.05) is 12.1 Å². The summed E-state index contributed by atoms with van der Waals surface area (Å²) in [6.45, 7) is 0. The zero-order valence-electron chi connectivity index (χ0n) is 11.0. The van der Waals surface area contributed by atoms with Crippen LogP contribution in [0, 0.1) is 0 Å². The molecule has 1 fully saturated rings. The van der Waals surface area contributed by atoms with Crippen LogP contribution in [-0.4, -0.2) is 44.8 Å². The number of aromatic carboxylic acids is 1. The molecule has 6 nitrogen and oxygen atoms in total. The zero-order valence-corrected chi connectivity index (χ0v) is 11.8. The third-order valence-corrected chi connectivity index (χ3v) is 3.83. The molecular weight excluding hydrogens is 292 g/mol. The zero-order chi connectivity index (χ0) is 15.2. The lowest BCUT2D eigenvalue weighted by molar-refractivity contribution is -0.138. The molecule has 0 spiro atoms. The molecule has 1 aromatic carbocycles. The molecule has 0 bridgehead atoms. The molecule has 1 aliphatic heterocycles. The summed E-state index contributed by atoms with van der Waals surface area (Å²) in [4.78, 5) is 24.7. The van der Waals surface area contributed by atoms with Gasteiger partial charge in [0.05, 0.1) is 0 Å². The maximum atomic E-state index is 10.8. The molecule has 2 aromatic rings. The van der Waals surface area contributed by atoms with Gasteiger partial charge in [0.1, 0.15) is 6.04 Å². The van der Waals surface area contributed by atoms with E-state index in [1.54, 1.807) is 30.0 Å². The van der Waals surface area contributed by atoms with Crippen LogP contribution in [0.5, 0.6) is 0 Å². The lowest BCUT2D eigenvalue weighted by Crippen LogP contribution is -2.32. The predicted octanol–water partition coefficient (Wildman–Crippen LogP) is 1.67. The summed E-state index contributed by atoms with van der Waals surface area (Å²) in [5.74, 6) is -0.251. The third-order valence-electron chi connectivity index (χ3n) is 2.89. The van der Waals surface area contributed by atoms with Crippen LogP contribution in [0.1, 0.15) is 10.5 Å². The Labute approximate surface area is 125 Å². The molecule has 7 heteroatoms. The molecule has 1 unspecified atom stereocenters. The van der Waals surface area contributed by atoms with Gasteiger partial charge >= 0.3 is 11.9 Å². The van der Waals surface area contributed by atoms with Crippen LogP contribution in [0.2, 0.25) is 0 Å². The first-order valence-electron chi connectivity index (χ1n) is 6.20. The van der Waals surface area contributed by atoms with Crippen molar-refractivity contribution in [2.45, 2.75) is 6.04 Å². The van der Waals surface area contributed by atoms with Crippen molar-refractivity contribution in [1.82, 2.24) is 10.3 Å². The second-order valence-electron chi connectivity index (χ2n) is 4.30. The minimum Gasteiger partial charge on any atom is -0.480 e. The van der Waals surface area contributed by atoms with E-state index >= 15 is 0 Å². The van der Waals surface area contributed by atoms with E-state index in [2.05, 4.69) is 10.3 Å². The molecule has 21 heavy (non-hydrogen) atoms. The van der Waals surface area contributed by atoms with E-state index in [0.717, 1.165) is 11.3 Å². The second kappa shape index (κ2) is 7.05. The largest absolute Gasteiger partial charge is 0.480 e. The van der Waals surface area contributed by atoms with E-state index in [9.17, 15) is 9.59 Å². The monoisotopic (exact) mass is 306 g/mol. The van der Waals surface area contributed by atoms with E-state index in [1.165, 1.54) is 6.20 Å². The van der Waals surface area contributed by atoms with Gasteiger partial charge in [-0.2, -0.15) is 0 Å². The molecule has 1 saturated heterocycles. The molecule has 1 aliphatic rings. The van der Waals surface area contributed by atoms with E-state index in [4.69, 9.17) is 10.2 Å². The maximum Gasteiger partial charge on any atom is 0.355 e. The number of carboxylic acids is 2. The van der Waals surface area contributed by atoms with E-state index < -0.39 is 11.9 Å². The molecule has 1 atom stereocenters. The number of benzene rings is 1. The molecule has 0 radical (unpaired) electrons. The third kappa shape index (κ3) is 3.93. The van der Waals surface area contributed by atoms with E-state index in [0.29, 0.717) is 11.1 Å². The highest BCUT2D eigenvalue weighted by Crippen LogP contribution is 2.15. The number of aliphatic carboxylic acids is 1. The van der Waals surface area contributed by atoms with Gasteiger partial charge in [-0.05, 0) is 11.5 Å². The Bertz CT molecular complexity index is 651. The number of fused-ring (bicyclic) bond motifs is 1. The molecule has 0 amide bonds. The van der Waals surface area contributed by atoms with Crippen molar-refractivity contribution in [3.05, 3.63) is 42.2 Å². The van der Waals surface area contributed by atoms with Gasteiger partial charge in [-0.25, -0.2) is 9.78 Å². The lowest BCUT2D eigenvalue weighted by Gasteiger charge is -1.99. The fraction of sp³-hybridized carbons (Fsp3) is 0.214. The van der Waals surface area contributed by atoms with E-state index in [-0.39, 0.29) is 11.7 Å². The number of nitrogens with one attached hydrogen (secondary N) is 1. The van der Waals surface area contributed by atoms with Gasteiger partial charge in [0, 0.05) is 23.2 Å². The normalized spacial score (nSPS) is 17.0. The molecule has 3 rings (SSSR count). The van der Waals surface area contributed by atoms with Crippen LogP contribution < -0.4 is 5.32 Å². The van der Waals surface area contributed by atoms with Crippen LogP contribution in [0.4, 0.5) is 0 Å². The van der Waals surface area contributed by atoms with Crippen molar-refractivity contribution in [1.29, 1.82) is 0 Å². The number of nitrogens with zero attached hydrogens (tertiary/aromatic N) is 1. The summed E-state index contributed by atoms with van der Waals surface area (Å²) >= 11 is 1.62. The van der Waals surface area contributed by atoms with Crippen molar-refractivity contribution in [3.63, 3.8) is 0 Å². The number of hydrogen-bond acceptors (Lipinski definition) is 5. The maximum absolute atomic E-state index is 10.8. The Balaban J connectivity index is 0.000000173. The molecular formula is C14H14N2O4S. The first kappa shape index (κ1) is 15.3. The summed E-state index contributed by atoms with van der Waals surface area (Å²) < 4.78 is 0. The summed E-state index contributed by atoms with van der Waals surface area (Å²) in [5, 5.41) is 21.6. The lowest BCUT2D eigenvalue weighted by atomic mass is 10.1. The number of carbonyl (C=O) groups is 2. The van der Waals surface area contributed by atoms with Gasteiger partial charge in [0.15, 0.2) is 5.69 Å². The second-order valence-corrected chi connectivity index (χ2v) is 5.33. The van der Waals surface area contributed by atoms with Gasteiger partial charge in [-0.1, -0.05) is 24.3 Å². The molecule has 1 aromatic heterocycles. The molecule has 3 N–H and O–H groups in total. The highest BCUT2D eigenvalue weighted by atomic mass is 32.2.